The van der Waals surface area contributed by atoms with Crippen LogP contribution in [-0.2, 0) is 9.59 Å². The molecule has 130 valence electrons. The Balaban J connectivity index is 2.22. The molecule has 2 rings (SSSR count). The maximum atomic E-state index is 11.4. The van der Waals surface area contributed by atoms with Crippen molar-refractivity contribution >= 4 is 56.9 Å². The summed E-state index contributed by atoms with van der Waals surface area (Å²) in [5.74, 6) is -1.62. The highest BCUT2D eigenvalue weighted by Crippen LogP contribution is 2.27. The van der Waals surface area contributed by atoms with Crippen LogP contribution in [0.5, 0.6) is 0 Å². The maximum absolute atomic E-state index is 11.4. The van der Waals surface area contributed by atoms with E-state index in [0.29, 0.717) is 10.6 Å². The number of hydrogen-bond acceptors (Lipinski definition) is 4. The van der Waals surface area contributed by atoms with E-state index >= 15 is 0 Å². The van der Waals surface area contributed by atoms with E-state index in [1.807, 2.05) is 31.2 Å². The second-order valence-electron chi connectivity index (χ2n) is 5.09. The van der Waals surface area contributed by atoms with E-state index in [9.17, 15) is 9.59 Å². The molecule has 2 amide bonds. The molecule has 8 heteroatoms. The number of likely N-dealkylation sites (N-methyl/N-ethyl adjacent to an activating group) is 1. The Hall–Kier alpha value is -2.38. The number of nitrogens with zero attached hydrogens (tertiary/aromatic N) is 1. The molecule has 0 spiro atoms. The topological polar surface area (TPSA) is 82.6 Å². The first-order valence-corrected chi connectivity index (χ1v) is 8.45. The van der Waals surface area contributed by atoms with Gasteiger partial charge in [-0.2, -0.15) is 5.10 Å². The van der Waals surface area contributed by atoms with Gasteiger partial charge in [-0.1, -0.05) is 27.5 Å². The Morgan fingerprint density at radius 1 is 1.12 bits per heavy atom. The van der Waals surface area contributed by atoms with Crippen LogP contribution in [0.15, 0.2) is 46.0 Å². The Morgan fingerprint density at radius 3 is 2.52 bits per heavy atom. The quantitative estimate of drug-likeness (QED) is 0.401. The molecule has 0 atom stereocenters. The molecule has 2 aromatic rings. The molecule has 0 aromatic heterocycles. The summed E-state index contributed by atoms with van der Waals surface area (Å²) in [6.45, 7) is 1.99. The number of amides is 2. The van der Waals surface area contributed by atoms with Crippen LogP contribution in [0, 0.1) is 6.92 Å². The van der Waals surface area contributed by atoms with Crippen molar-refractivity contribution in [1.29, 1.82) is 0 Å². The Kier molecular flexibility index (Phi) is 6.55. The fourth-order valence-electron chi connectivity index (χ4n) is 1.99. The minimum Gasteiger partial charge on any atom is -0.355 e. The SMILES string of the molecule is CNC(=O)C(=O)N/N=C\c1cc(Cl)ccc1Nc1ccc(Br)cc1C. The number of carbonyl (C=O) groups excluding carboxylic acids is 2. The second kappa shape index (κ2) is 8.64. The second-order valence-corrected chi connectivity index (χ2v) is 6.45. The van der Waals surface area contributed by atoms with Gasteiger partial charge in [-0.3, -0.25) is 9.59 Å². The van der Waals surface area contributed by atoms with E-state index in [0.717, 1.165) is 21.4 Å². The largest absolute Gasteiger partial charge is 0.355 e. The summed E-state index contributed by atoms with van der Waals surface area (Å²) in [6.07, 6.45) is 1.42. The first-order chi connectivity index (χ1) is 11.9. The number of benzene rings is 2. The van der Waals surface area contributed by atoms with E-state index in [4.69, 9.17) is 11.6 Å². The van der Waals surface area contributed by atoms with E-state index in [2.05, 4.69) is 37.1 Å². The fourth-order valence-corrected chi connectivity index (χ4v) is 2.65. The monoisotopic (exact) mass is 422 g/mol. The average Bonchev–Trinajstić information content (AvgIpc) is 2.58. The first kappa shape index (κ1) is 19.0. The van der Waals surface area contributed by atoms with Crippen LogP contribution in [0.1, 0.15) is 11.1 Å². The predicted molar refractivity (Wildman–Crippen MR) is 103 cm³/mol. The molecule has 3 N–H and O–H groups in total. The van der Waals surface area contributed by atoms with Crippen molar-refractivity contribution in [2.75, 3.05) is 12.4 Å². The van der Waals surface area contributed by atoms with Gasteiger partial charge in [0.25, 0.3) is 0 Å². The number of anilines is 2. The minimum absolute atomic E-state index is 0.525. The Labute approximate surface area is 158 Å². The zero-order valence-corrected chi connectivity index (χ0v) is 15.9. The third-order valence-electron chi connectivity index (χ3n) is 3.27. The molecule has 0 aliphatic carbocycles. The van der Waals surface area contributed by atoms with Gasteiger partial charge in [-0.05, 0) is 48.9 Å². The lowest BCUT2D eigenvalue weighted by Gasteiger charge is -2.12. The summed E-state index contributed by atoms with van der Waals surface area (Å²) in [4.78, 5) is 22.5. The lowest BCUT2D eigenvalue weighted by molar-refractivity contribution is -0.138. The van der Waals surface area contributed by atoms with Gasteiger partial charge < -0.3 is 10.6 Å². The molecule has 25 heavy (non-hydrogen) atoms. The predicted octanol–water partition coefficient (Wildman–Crippen LogP) is 3.35. The summed E-state index contributed by atoms with van der Waals surface area (Å²) < 4.78 is 0.991. The third-order valence-corrected chi connectivity index (χ3v) is 4.00. The van der Waals surface area contributed by atoms with Crippen LogP contribution in [0.2, 0.25) is 5.02 Å². The summed E-state index contributed by atoms with van der Waals surface area (Å²) in [6, 6.07) is 11.1. The van der Waals surface area contributed by atoms with Crippen LogP contribution in [0.4, 0.5) is 11.4 Å². The lowest BCUT2D eigenvalue weighted by atomic mass is 10.1. The van der Waals surface area contributed by atoms with Crippen molar-refractivity contribution < 1.29 is 9.59 Å². The Bertz CT molecular complexity index is 839. The number of carbonyl (C=O) groups is 2. The molecule has 0 aliphatic rings. The summed E-state index contributed by atoms with van der Waals surface area (Å²) in [5, 5.41) is 9.84. The highest BCUT2D eigenvalue weighted by atomic mass is 79.9. The molecule has 0 radical (unpaired) electrons. The smallest absolute Gasteiger partial charge is 0.329 e. The maximum Gasteiger partial charge on any atom is 0.329 e. The number of hydrazone groups is 1. The van der Waals surface area contributed by atoms with Gasteiger partial charge in [0, 0.05) is 33.5 Å². The lowest BCUT2D eigenvalue weighted by Crippen LogP contribution is -2.35. The molecule has 0 heterocycles. The number of aryl methyl sites for hydroxylation is 1. The molecular weight excluding hydrogens is 408 g/mol. The first-order valence-electron chi connectivity index (χ1n) is 7.28. The summed E-state index contributed by atoms with van der Waals surface area (Å²) in [5.41, 5.74) is 5.55. The van der Waals surface area contributed by atoms with Crippen molar-refractivity contribution in [2.24, 2.45) is 5.10 Å². The van der Waals surface area contributed by atoms with Gasteiger partial charge in [0.05, 0.1) is 6.21 Å². The van der Waals surface area contributed by atoms with Crippen molar-refractivity contribution in [3.05, 3.63) is 57.0 Å². The number of halogens is 2. The van der Waals surface area contributed by atoms with Crippen LogP contribution in [0.25, 0.3) is 0 Å². The highest BCUT2D eigenvalue weighted by Gasteiger charge is 2.09. The van der Waals surface area contributed by atoms with Gasteiger partial charge in [-0.25, -0.2) is 5.43 Å². The highest BCUT2D eigenvalue weighted by molar-refractivity contribution is 9.10. The van der Waals surface area contributed by atoms with E-state index in [-0.39, 0.29) is 0 Å². The van der Waals surface area contributed by atoms with Gasteiger partial charge >= 0.3 is 11.8 Å². The van der Waals surface area contributed by atoms with Crippen molar-refractivity contribution in [2.45, 2.75) is 6.92 Å². The number of rotatable bonds is 4. The van der Waals surface area contributed by atoms with E-state index < -0.39 is 11.8 Å². The minimum atomic E-state index is -0.848. The standard InChI is InChI=1S/C17H16BrClN4O2/c1-10-7-12(18)3-5-14(10)22-15-6-4-13(19)8-11(15)9-21-23-17(25)16(24)20-2/h3-9,22H,1-2H3,(H,20,24)(H,23,25)/b21-9-. The van der Waals surface area contributed by atoms with Gasteiger partial charge in [-0.15, -0.1) is 0 Å². The van der Waals surface area contributed by atoms with Crippen molar-refractivity contribution in [1.82, 2.24) is 10.7 Å². The van der Waals surface area contributed by atoms with Crippen molar-refractivity contribution in [3.63, 3.8) is 0 Å². The fraction of sp³-hybridized carbons (Fsp3) is 0.118. The summed E-state index contributed by atoms with van der Waals surface area (Å²) in [7, 11) is 1.37. The molecule has 0 fully saturated rings. The van der Waals surface area contributed by atoms with E-state index in [1.165, 1.54) is 13.3 Å². The molecule has 0 unspecified atom stereocenters. The van der Waals surface area contributed by atoms with Crippen LogP contribution >= 0.6 is 27.5 Å². The third kappa shape index (κ3) is 5.30. The molecular formula is C17H16BrClN4O2. The average molecular weight is 424 g/mol. The molecule has 0 bridgehead atoms. The van der Waals surface area contributed by atoms with Crippen molar-refractivity contribution in [3.8, 4) is 0 Å². The van der Waals surface area contributed by atoms with Crippen LogP contribution < -0.4 is 16.1 Å². The van der Waals surface area contributed by atoms with Crippen LogP contribution in [0.3, 0.4) is 0 Å². The number of hydrogen-bond donors (Lipinski definition) is 3. The van der Waals surface area contributed by atoms with Gasteiger partial charge in [0.2, 0.25) is 0 Å². The molecule has 0 saturated carbocycles. The number of nitrogens with one attached hydrogen (secondary N) is 3. The zero-order valence-electron chi connectivity index (χ0n) is 13.6. The van der Waals surface area contributed by atoms with Crippen LogP contribution in [-0.4, -0.2) is 25.1 Å². The molecule has 6 nitrogen and oxygen atoms in total. The normalized spacial score (nSPS) is 10.6. The van der Waals surface area contributed by atoms with E-state index in [1.54, 1.807) is 12.1 Å². The molecule has 0 saturated heterocycles. The van der Waals surface area contributed by atoms with Gasteiger partial charge in [0.1, 0.15) is 0 Å². The zero-order chi connectivity index (χ0) is 18.4. The molecule has 0 aliphatic heterocycles. The Morgan fingerprint density at radius 2 is 1.84 bits per heavy atom. The summed E-state index contributed by atoms with van der Waals surface area (Å²) >= 11 is 9.47. The molecule has 2 aromatic carbocycles. The van der Waals surface area contributed by atoms with Gasteiger partial charge in [0.15, 0.2) is 0 Å².